The fraction of sp³-hybridized carbons (Fsp3) is 0. The third-order valence-electron chi connectivity index (χ3n) is 1.66. The Morgan fingerprint density at radius 3 is 2.77 bits per heavy atom. The second-order valence-corrected chi connectivity index (χ2v) is 3.67. The second-order valence-electron chi connectivity index (χ2n) is 2.40. The third kappa shape index (κ3) is 1.15. The molecule has 0 amide bonds. The molecule has 2 rings (SSSR count). The SMILES string of the molecule is O=C(O)C1=CS(=O)c2cnncc21. The predicted octanol–water partition coefficient (Wildman–Crippen LogP) is 0.0233. The number of rotatable bonds is 1. The summed E-state index contributed by atoms with van der Waals surface area (Å²) in [4.78, 5) is 11.1. The van der Waals surface area contributed by atoms with Gasteiger partial charge in [-0.15, -0.1) is 0 Å². The molecule has 1 aromatic heterocycles. The van der Waals surface area contributed by atoms with Crippen molar-refractivity contribution >= 4 is 22.3 Å². The van der Waals surface area contributed by atoms with Gasteiger partial charge in [-0.25, -0.2) is 9.00 Å². The van der Waals surface area contributed by atoms with E-state index in [4.69, 9.17) is 5.11 Å². The summed E-state index contributed by atoms with van der Waals surface area (Å²) in [6.07, 6.45) is 2.62. The first kappa shape index (κ1) is 8.06. The molecule has 66 valence electrons. The van der Waals surface area contributed by atoms with Crippen LogP contribution in [0.25, 0.3) is 5.57 Å². The molecule has 6 heteroatoms. The summed E-state index contributed by atoms with van der Waals surface area (Å²) in [5.74, 6) is -1.10. The van der Waals surface area contributed by atoms with E-state index in [0.29, 0.717) is 10.5 Å². The van der Waals surface area contributed by atoms with Crippen LogP contribution in [0, 0.1) is 0 Å². The molecular weight excluding hydrogens is 192 g/mol. The average molecular weight is 196 g/mol. The van der Waals surface area contributed by atoms with E-state index >= 15 is 0 Å². The molecule has 1 aliphatic rings. The van der Waals surface area contributed by atoms with Crippen molar-refractivity contribution in [2.24, 2.45) is 0 Å². The molecule has 0 aromatic carbocycles. The van der Waals surface area contributed by atoms with Gasteiger partial charge in [0.2, 0.25) is 0 Å². The van der Waals surface area contributed by atoms with Gasteiger partial charge in [0, 0.05) is 11.0 Å². The van der Waals surface area contributed by atoms with E-state index in [-0.39, 0.29) is 5.57 Å². The van der Waals surface area contributed by atoms with Gasteiger partial charge in [-0.2, -0.15) is 10.2 Å². The third-order valence-corrected chi connectivity index (χ3v) is 2.86. The van der Waals surface area contributed by atoms with E-state index < -0.39 is 16.8 Å². The zero-order valence-electron chi connectivity index (χ0n) is 6.30. The van der Waals surface area contributed by atoms with E-state index in [1.165, 1.54) is 17.8 Å². The van der Waals surface area contributed by atoms with Crippen LogP contribution in [0.5, 0.6) is 0 Å². The molecule has 0 spiro atoms. The van der Waals surface area contributed by atoms with Gasteiger partial charge < -0.3 is 5.11 Å². The van der Waals surface area contributed by atoms with Crippen LogP contribution in [-0.4, -0.2) is 25.5 Å². The van der Waals surface area contributed by atoms with Crippen LogP contribution in [-0.2, 0) is 15.6 Å². The summed E-state index contributed by atoms with van der Waals surface area (Å²) in [6, 6.07) is 0. The maximum Gasteiger partial charge on any atom is 0.337 e. The smallest absolute Gasteiger partial charge is 0.337 e. The van der Waals surface area contributed by atoms with Crippen molar-refractivity contribution in [3.05, 3.63) is 23.4 Å². The number of carbonyl (C=O) groups is 1. The lowest BCUT2D eigenvalue weighted by atomic mass is 10.1. The number of carboxylic acids is 1. The molecule has 5 nitrogen and oxygen atoms in total. The lowest BCUT2D eigenvalue weighted by Gasteiger charge is -1.95. The lowest BCUT2D eigenvalue weighted by molar-refractivity contribution is -0.130. The molecule has 0 aliphatic carbocycles. The average Bonchev–Trinajstić information content (AvgIpc) is 2.45. The van der Waals surface area contributed by atoms with Gasteiger partial charge in [-0.05, 0) is 0 Å². The fourth-order valence-corrected chi connectivity index (χ4v) is 2.17. The zero-order chi connectivity index (χ0) is 9.42. The summed E-state index contributed by atoms with van der Waals surface area (Å²) in [5, 5.41) is 17.0. The Bertz CT molecular complexity index is 441. The van der Waals surface area contributed by atoms with E-state index in [9.17, 15) is 9.00 Å². The number of hydrogen-bond donors (Lipinski definition) is 1. The molecule has 0 bridgehead atoms. The van der Waals surface area contributed by atoms with E-state index in [0.717, 1.165) is 0 Å². The zero-order valence-corrected chi connectivity index (χ0v) is 7.11. The van der Waals surface area contributed by atoms with Crippen LogP contribution in [0.2, 0.25) is 0 Å². The number of hydrogen-bond acceptors (Lipinski definition) is 4. The highest BCUT2D eigenvalue weighted by Crippen LogP contribution is 2.28. The highest BCUT2D eigenvalue weighted by Gasteiger charge is 2.25. The summed E-state index contributed by atoms with van der Waals surface area (Å²) in [5.41, 5.74) is 0.420. The van der Waals surface area contributed by atoms with E-state index in [2.05, 4.69) is 10.2 Å². The Labute approximate surface area is 75.6 Å². The van der Waals surface area contributed by atoms with Crippen molar-refractivity contribution in [1.29, 1.82) is 0 Å². The van der Waals surface area contributed by atoms with Gasteiger partial charge in [0.15, 0.2) is 0 Å². The van der Waals surface area contributed by atoms with Crippen LogP contribution < -0.4 is 0 Å². The Hall–Kier alpha value is -1.56. The van der Waals surface area contributed by atoms with Crippen molar-refractivity contribution in [2.45, 2.75) is 4.90 Å². The number of aromatic nitrogens is 2. The lowest BCUT2D eigenvalue weighted by Crippen LogP contribution is -1.98. The molecular formula is C7H4N2O3S. The van der Waals surface area contributed by atoms with Crippen molar-refractivity contribution in [2.75, 3.05) is 0 Å². The quantitative estimate of drug-likeness (QED) is 0.685. The van der Waals surface area contributed by atoms with E-state index in [1.807, 2.05) is 0 Å². The first-order valence-electron chi connectivity index (χ1n) is 3.37. The monoisotopic (exact) mass is 196 g/mol. The minimum atomic E-state index is -1.39. The number of nitrogens with zero attached hydrogens (tertiary/aromatic N) is 2. The molecule has 0 saturated carbocycles. The summed E-state index contributed by atoms with van der Waals surface area (Å²) in [6.45, 7) is 0. The minimum Gasteiger partial charge on any atom is -0.478 e. The maximum absolute atomic E-state index is 11.3. The highest BCUT2D eigenvalue weighted by molar-refractivity contribution is 7.88. The minimum absolute atomic E-state index is 0.0308. The summed E-state index contributed by atoms with van der Waals surface area (Å²) in [7, 11) is -1.39. The predicted molar refractivity (Wildman–Crippen MR) is 44.1 cm³/mol. The molecule has 1 N–H and O–H groups in total. The molecule has 0 fully saturated rings. The van der Waals surface area contributed by atoms with Crippen LogP contribution in [0.3, 0.4) is 0 Å². The van der Waals surface area contributed by atoms with Gasteiger partial charge in [-0.1, -0.05) is 0 Å². The molecule has 2 heterocycles. The number of aliphatic carboxylic acids is 1. The van der Waals surface area contributed by atoms with Gasteiger partial charge in [-0.3, -0.25) is 0 Å². The summed E-state index contributed by atoms with van der Waals surface area (Å²) < 4.78 is 11.3. The van der Waals surface area contributed by atoms with Gasteiger partial charge in [0.05, 0.1) is 33.7 Å². The van der Waals surface area contributed by atoms with Gasteiger partial charge >= 0.3 is 5.97 Å². The number of carboxylic acid groups (broad SMARTS) is 1. The van der Waals surface area contributed by atoms with Gasteiger partial charge in [0.25, 0.3) is 0 Å². The Morgan fingerprint density at radius 1 is 1.38 bits per heavy atom. The summed E-state index contributed by atoms with van der Waals surface area (Å²) >= 11 is 0. The Kier molecular flexibility index (Phi) is 1.70. The molecule has 13 heavy (non-hydrogen) atoms. The normalized spacial score (nSPS) is 19.4. The van der Waals surface area contributed by atoms with Crippen molar-refractivity contribution in [3.63, 3.8) is 0 Å². The number of fused-ring (bicyclic) bond motifs is 1. The van der Waals surface area contributed by atoms with Crippen LogP contribution in [0.15, 0.2) is 22.7 Å². The molecule has 1 aromatic rings. The maximum atomic E-state index is 11.3. The molecule has 1 aliphatic heterocycles. The molecule has 1 unspecified atom stereocenters. The largest absolute Gasteiger partial charge is 0.478 e. The van der Waals surface area contributed by atoms with Crippen LogP contribution in [0.4, 0.5) is 0 Å². The van der Waals surface area contributed by atoms with Crippen molar-refractivity contribution < 1.29 is 14.1 Å². The van der Waals surface area contributed by atoms with Crippen molar-refractivity contribution in [1.82, 2.24) is 10.2 Å². The fourth-order valence-electron chi connectivity index (χ4n) is 1.07. The molecule has 0 saturated heterocycles. The first-order chi connectivity index (χ1) is 6.20. The van der Waals surface area contributed by atoms with Gasteiger partial charge in [0.1, 0.15) is 0 Å². The Balaban J connectivity index is 2.64. The molecule has 1 atom stereocenters. The standard InChI is InChI=1S/C7H4N2O3S/c10-7(11)5-3-13(12)6-2-9-8-1-4(5)6/h1-3H,(H,10,11). The first-order valence-corrected chi connectivity index (χ1v) is 4.58. The highest BCUT2D eigenvalue weighted by atomic mass is 32.2. The molecule has 0 radical (unpaired) electrons. The van der Waals surface area contributed by atoms with Crippen LogP contribution >= 0.6 is 0 Å². The van der Waals surface area contributed by atoms with Crippen molar-refractivity contribution in [3.8, 4) is 0 Å². The van der Waals surface area contributed by atoms with E-state index in [1.54, 1.807) is 0 Å². The van der Waals surface area contributed by atoms with Crippen LogP contribution in [0.1, 0.15) is 5.56 Å². The Morgan fingerprint density at radius 2 is 2.08 bits per heavy atom. The topological polar surface area (TPSA) is 80.1 Å². The second kappa shape index (κ2) is 2.74.